The van der Waals surface area contributed by atoms with Crippen molar-refractivity contribution >= 4 is 23.9 Å². The Kier molecular flexibility index (Phi) is 7.85. The van der Waals surface area contributed by atoms with Gasteiger partial charge < -0.3 is 28.4 Å². The van der Waals surface area contributed by atoms with Crippen molar-refractivity contribution in [1.29, 1.82) is 0 Å². The van der Waals surface area contributed by atoms with Crippen molar-refractivity contribution in [2.24, 2.45) is 0 Å². The molecule has 0 heterocycles. The van der Waals surface area contributed by atoms with Crippen molar-refractivity contribution in [3.8, 4) is 17.2 Å². The molecule has 1 aliphatic carbocycles. The highest BCUT2D eigenvalue weighted by Crippen LogP contribution is 2.47. The predicted molar refractivity (Wildman–Crippen MR) is 110 cm³/mol. The van der Waals surface area contributed by atoms with Gasteiger partial charge in [-0.3, -0.25) is 0 Å². The summed E-state index contributed by atoms with van der Waals surface area (Å²) in [6.07, 6.45) is 1.45. The third-order valence-corrected chi connectivity index (χ3v) is 4.64. The summed E-state index contributed by atoms with van der Waals surface area (Å²) in [5, 5.41) is 2.66. The fourth-order valence-corrected chi connectivity index (χ4v) is 3.41. The van der Waals surface area contributed by atoms with Crippen LogP contribution < -0.4 is 19.5 Å². The Bertz CT molecular complexity index is 836. The molecule has 11 heteroatoms. The maximum atomic E-state index is 12.8. The van der Waals surface area contributed by atoms with E-state index in [2.05, 4.69) is 5.32 Å². The molecule has 2 rings (SSSR count). The number of carbonyl (C=O) groups is 1. The first kappa shape index (κ1) is 24.8. The van der Waals surface area contributed by atoms with Crippen LogP contribution in [-0.4, -0.2) is 44.6 Å². The molecule has 1 unspecified atom stereocenters. The molecule has 0 aromatic heterocycles. The molecule has 0 saturated carbocycles. The smallest absolute Gasteiger partial charge is 0.479 e. The number of ether oxygens (including phenoxy) is 4. The van der Waals surface area contributed by atoms with Gasteiger partial charge in [-0.2, -0.15) is 13.2 Å². The van der Waals surface area contributed by atoms with E-state index in [0.29, 0.717) is 35.5 Å². The summed E-state index contributed by atoms with van der Waals surface area (Å²) < 4.78 is 65.0. The van der Waals surface area contributed by atoms with Crippen LogP contribution in [0.4, 0.5) is 18.0 Å². The second kappa shape index (κ2) is 9.80. The molecular weight excluding hydrogens is 439 g/mol. The van der Waals surface area contributed by atoms with Crippen molar-refractivity contribution in [1.82, 2.24) is 5.32 Å². The standard InChI is InChI=1S/C20H26F3NO6S/c1-19(2,3)29-18(25)24-11-7-8-12-13(14(9-11)30-31-20(21,22)23)10-15(26-4)17(28-6)16(12)27-5/h9-11H,7-8H2,1-6H3,(H,24,25). The van der Waals surface area contributed by atoms with Crippen LogP contribution in [0.5, 0.6) is 17.2 Å². The quantitative estimate of drug-likeness (QED) is 0.588. The largest absolute Gasteiger partial charge is 0.493 e. The minimum atomic E-state index is -4.62. The number of rotatable bonds is 6. The van der Waals surface area contributed by atoms with E-state index in [0.717, 1.165) is 0 Å². The predicted octanol–water partition coefficient (Wildman–Crippen LogP) is 5.08. The second-order valence-electron chi connectivity index (χ2n) is 7.61. The Morgan fingerprint density at radius 2 is 1.74 bits per heavy atom. The van der Waals surface area contributed by atoms with Crippen molar-refractivity contribution in [2.45, 2.75) is 50.8 Å². The van der Waals surface area contributed by atoms with Gasteiger partial charge in [-0.25, -0.2) is 4.79 Å². The Morgan fingerprint density at radius 3 is 2.26 bits per heavy atom. The molecule has 1 N–H and O–H groups in total. The van der Waals surface area contributed by atoms with Crippen LogP contribution in [-0.2, 0) is 15.3 Å². The Balaban J connectivity index is 2.49. The highest BCUT2D eigenvalue weighted by Gasteiger charge is 2.34. The third kappa shape index (κ3) is 6.78. The Labute approximate surface area is 183 Å². The zero-order chi connectivity index (χ0) is 23.4. The summed E-state index contributed by atoms with van der Waals surface area (Å²) in [6.45, 7) is 5.13. The molecule has 0 radical (unpaired) electrons. The van der Waals surface area contributed by atoms with Crippen molar-refractivity contribution in [2.75, 3.05) is 21.3 Å². The van der Waals surface area contributed by atoms with Gasteiger partial charge in [-0.1, -0.05) is 0 Å². The lowest BCUT2D eigenvalue weighted by Crippen LogP contribution is -2.38. The molecule has 1 aliphatic rings. The fourth-order valence-electron chi connectivity index (χ4n) is 3.08. The number of carbonyl (C=O) groups excluding carboxylic acids is 1. The van der Waals surface area contributed by atoms with Crippen LogP contribution in [0.25, 0.3) is 5.76 Å². The van der Waals surface area contributed by atoms with E-state index in [-0.39, 0.29) is 11.5 Å². The molecule has 0 saturated heterocycles. The summed E-state index contributed by atoms with van der Waals surface area (Å²) >= 11 is -0.644. The maximum Gasteiger partial charge on any atom is 0.479 e. The van der Waals surface area contributed by atoms with Crippen LogP contribution in [0.3, 0.4) is 0 Å². The molecule has 174 valence electrons. The van der Waals surface area contributed by atoms with Gasteiger partial charge in [0.15, 0.2) is 23.5 Å². The van der Waals surface area contributed by atoms with Crippen LogP contribution in [0.1, 0.15) is 38.3 Å². The monoisotopic (exact) mass is 465 g/mol. The number of alkyl carbamates (subject to hydrolysis) is 1. The zero-order valence-electron chi connectivity index (χ0n) is 18.1. The molecule has 1 aromatic carbocycles. The SMILES string of the molecule is COc1cc2c(c(OC)c1OC)CCC(NC(=O)OC(C)(C)C)C=C2OSC(F)(F)F. The van der Waals surface area contributed by atoms with Gasteiger partial charge in [-0.05, 0) is 45.8 Å². The summed E-state index contributed by atoms with van der Waals surface area (Å²) in [4.78, 5) is 12.2. The van der Waals surface area contributed by atoms with Gasteiger partial charge >= 0.3 is 11.6 Å². The number of amides is 1. The molecule has 0 aliphatic heterocycles. The number of fused-ring (bicyclic) bond motifs is 1. The lowest BCUT2D eigenvalue weighted by Gasteiger charge is -2.22. The van der Waals surface area contributed by atoms with Crippen LogP contribution in [0.2, 0.25) is 0 Å². The minimum absolute atomic E-state index is 0.0878. The molecular formula is C20H26F3NO6S. The van der Waals surface area contributed by atoms with E-state index in [9.17, 15) is 18.0 Å². The van der Waals surface area contributed by atoms with Gasteiger partial charge in [0, 0.05) is 11.1 Å². The molecule has 0 fully saturated rings. The van der Waals surface area contributed by atoms with Gasteiger partial charge in [0.2, 0.25) is 5.75 Å². The van der Waals surface area contributed by atoms with E-state index >= 15 is 0 Å². The molecule has 0 bridgehead atoms. The van der Waals surface area contributed by atoms with Gasteiger partial charge in [0.05, 0.1) is 27.4 Å². The van der Waals surface area contributed by atoms with Crippen LogP contribution in [0, 0.1) is 0 Å². The molecule has 1 amide bonds. The van der Waals surface area contributed by atoms with Crippen LogP contribution >= 0.6 is 12.0 Å². The number of hydrogen-bond acceptors (Lipinski definition) is 7. The summed E-state index contributed by atoms with van der Waals surface area (Å²) in [5.74, 6) is 0.810. The van der Waals surface area contributed by atoms with E-state index in [1.165, 1.54) is 33.5 Å². The molecule has 1 atom stereocenters. The van der Waals surface area contributed by atoms with Gasteiger partial charge in [0.1, 0.15) is 11.4 Å². The molecule has 1 aromatic rings. The molecule has 0 spiro atoms. The topological polar surface area (TPSA) is 75.2 Å². The first-order valence-corrected chi connectivity index (χ1v) is 10.1. The van der Waals surface area contributed by atoms with Crippen molar-refractivity contribution in [3.05, 3.63) is 23.3 Å². The number of hydrogen-bond donors (Lipinski definition) is 1. The summed E-state index contributed by atoms with van der Waals surface area (Å²) in [7, 11) is 4.26. The average Bonchev–Trinajstić information content (AvgIpc) is 2.81. The highest BCUT2D eigenvalue weighted by atomic mass is 32.2. The summed E-state index contributed by atoms with van der Waals surface area (Å²) in [5.41, 5.74) is -4.43. The number of benzene rings is 1. The summed E-state index contributed by atoms with van der Waals surface area (Å²) in [6, 6.07) is 0.878. The maximum absolute atomic E-state index is 12.8. The molecule has 7 nitrogen and oxygen atoms in total. The van der Waals surface area contributed by atoms with E-state index in [1.54, 1.807) is 20.8 Å². The van der Waals surface area contributed by atoms with Gasteiger partial charge in [-0.15, -0.1) is 0 Å². The minimum Gasteiger partial charge on any atom is -0.493 e. The first-order valence-electron chi connectivity index (χ1n) is 9.34. The van der Waals surface area contributed by atoms with E-state index < -0.39 is 35.3 Å². The number of methoxy groups -OCH3 is 3. The fraction of sp³-hybridized carbons (Fsp3) is 0.550. The van der Waals surface area contributed by atoms with Gasteiger partial charge in [0.25, 0.3) is 0 Å². The third-order valence-electron chi connectivity index (χ3n) is 4.18. The average molecular weight is 465 g/mol. The van der Waals surface area contributed by atoms with Crippen molar-refractivity contribution in [3.63, 3.8) is 0 Å². The van der Waals surface area contributed by atoms with E-state index in [4.69, 9.17) is 23.1 Å². The lowest BCUT2D eigenvalue weighted by molar-refractivity contribution is -0.0376. The molecule has 31 heavy (non-hydrogen) atoms. The first-order chi connectivity index (χ1) is 14.4. The van der Waals surface area contributed by atoms with Crippen LogP contribution in [0.15, 0.2) is 12.1 Å². The number of halogens is 3. The number of alkyl halides is 3. The highest BCUT2D eigenvalue weighted by molar-refractivity contribution is 7.95. The lowest BCUT2D eigenvalue weighted by atomic mass is 10.0. The normalized spacial score (nSPS) is 16.4. The zero-order valence-corrected chi connectivity index (χ0v) is 19.0. The van der Waals surface area contributed by atoms with E-state index in [1.807, 2.05) is 0 Å². The Morgan fingerprint density at radius 1 is 1.10 bits per heavy atom. The Hall–Kier alpha value is -2.43. The number of nitrogens with one attached hydrogen (secondary N) is 1. The van der Waals surface area contributed by atoms with Crippen molar-refractivity contribution < 1.29 is 41.1 Å². The second-order valence-corrected chi connectivity index (χ2v) is 8.40.